The molecule has 2 heterocycles. The van der Waals surface area contributed by atoms with E-state index in [1.165, 1.54) is 0 Å². The van der Waals surface area contributed by atoms with Crippen LogP contribution in [0.4, 0.5) is 5.69 Å². The maximum atomic E-state index is 13.7. The van der Waals surface area contributed by atoms with Crippen LogP contribution >= 0.6 is 0 Å². The predicted octanol–water partition coefficient (Wildman–Crippen LogP) is 4.78. The summed E-state index contributed by atoms with van der Waals surface area (Å²) in [7, 11) is 0. The molecule has 1 aliphatic heterocycles. The van der Waals surface area contributed by atoms with E-state index in [-0.39, 0.29) is 36.4 Å². The molecule has 1 aliphatic rings. The molecule has 2 amide bonds. The van der Waals surface area contributed by atoms with Gasteiger partial charge >= 0.3 is 0 Å². The van der Waals surface area contributed by atoms with E-state index in [9.17, 15) is 14.4 Å². The topological polar surface area (TPSA) is 128 Å². The summed E-state index contributed by atoms with van der Waals surface area (Å²) in [6.07, 6.45) is 1.99. The van der Waals surface area contributed by atoms with Gasteiger partial charge < -0.3 is 25.0 Å². The number of aryl methyl sites for hydroxylation is 1. The van der Waals surface area contributed by atoms with E-state index in [1.807, 2.05) is 61.0 Å². The first-order valence-corrected chi connectivity index (χ1v) is 16.9. The third-order valence-corrected chi connectivity index (χ3v) is 8.03. The molecule has 254 valence electrons. The Morgan fingerprint density at radius 3 is 2.34 bits per heavy atom. The number of aromatic nitrogens is 3. The molecule has 0 saturated carbocycles. The van der Waals surface area contributed by atoms with Crippen LogP contribution in [0.1, 0.15) is 65.4 Å². The first-order chi connectivity index (χ1) is 22.8. The minimum Gasteiger partial charge on any atom is -0.381 e. The molecular formula is C36H50N6O5. The van der Waals surface area contributed by atoms with Gasteiger partial charge in [0.2, 0.25) is 11.8 Å². The Labute approximate surface area is 278 Å². The molecule has 47 heavy (non-hydrogen) atoms. The zero-order chi connectivity index (χ0) is 33.6. The molecule has 2 N–H and O–H groups in total. The van der Waals surface area contributed by atoms with Crippen LogP contribution in [0.2, 0.25) is 0 Å². The maximum Gasteiger partial charge on any atom is 0.227 e. The van der Waals surface area contributed by atoms with E-state index in [1.54, 1.807) is 4.90 Å². The summed E-state index contributed by atoms with van der Waals surface area (Å²) in [6, 6.07) is 16.2. The summed E-state index contributed by atoms with van der Waals surface area (Å²) in [5, 5.41) is 15.4. The number of nitrogens with zero attached hydrogens (tertiary/aromatic N) is 4. The number of Topliss-reactive ketones (excluding diaryl/α,β-unsaturated/α-hetero) is 1. The van der Waals surface area contributed by atoms with Crippen LogP contribution in [-0.2, 0) is 36.9 Å². The number of para-hydroxylation sites is 1. The normalized spacial score (nSPS) is 12.3. The zero-order valence-electron chi connectivity index (χ0n) is 28.3. The lowest BCUT2D eigenvalue weighted by Crippen LogP contribution is -2.33. The van der Waals surface area contributed by atoms with Crippen molar-refractivity contribution in [3.8, 4) is 22.5 Å². The summed E-state index contributed by atoms with van der Waals surface area (Å²) < 4.78 is 13.3. The van der Waals surface area contributed by atoms with Gasteiger partial charge in [-0.3, -0.25) is 14.4 Å². The predicted molar refractivity (Wildman–Crippen MR) is 183 cm³/mol. The zero-order valence-corrected chi connectivity index (χ0v) is 28.3. The van der Waals surface area contributed by atoms with Crippen LogP contribution in [0.5, 0.6) is 0 Å². The number of carbonyl (C=O) groups is 3. The quantitative estimate of drug-likeness (QED) is 0.178. The number of nitrogens with one attached hydrogen (secondary N) is 2. The summed E-state index contributed by atoms with van der Waals surface area (Å²) in [4.78, 5) is 39.8. The summed E-state index contributed by atoms with van der Waals surface area (Å²) in [6.45, 7) is 12.4. The number of rotatable bonds is 19. The van der Waals surface area contributed by atoms with Gasteiger partial charge in [-0.25, -0.2) is 4.68 Å². The standard InChI is InChI=1S/C36H50N6O5/c1-26(2)32(43)17-23-46-21-9-18-38-33(44)15-16-34(45)41-25-28-11-5-6-12-29(28)36-35(30-13-7-8-14-31(30)41)39-40-42(36)20-10-22-47-24-19-37-27(3)4/h5-8,11-14,26-27,37H,9-10,15-25H2,1-4H3,(H,38,44). The molecule has 0 radical (unpaired) electrons. The van der Waals surface area contributed by atoms with Gasteiger partial charge in [0.15, 0.2) is 0 Å². The highest BCUT2D eigenvalue weighted by molar-refractivity contribution is 6.01. The lowest BCUT2D eigenvalue weighted by molar-refractivity contribution is -0.125. The molecule has 2 aromatic carbocycles. The summed E-state index contributed by atoms with van der Waals surface area (Å²) in [5.74, 6) is -0.123. The van der Waals surface area contributed by atoms with Crippen molar-refractivity contribution in [3.63, 3.8) is 0 Å². The number of amides is 2. The Morgan fingerprint density at radius 2 is 1.55 bits per heavy atom. The molecule has 0 aliphatic carbocycles. The van der Waals surface area contributed by atoms with Crippen molar-refractivity contribution in [3.05, 3.63) is 54.1 Å². The van der Waals surface area contributed by atoms with Gasteiger partial charge in [0.25, 0.3) is 0 Å². The van der Waals surface area contributed by atoms with Crippen molar-refractivity contribution in [2.45, 2.75) is 78.9 Å². The van der Waals surface area contributed by atoms with Gasteiger partial charge in [-0.15, -0.1) is 5.10 Å². The molecule has 0 atom stereocenters. The lowest BCUT2D eigenvalue weighted by atomic mass is 9.95. The Kier molecular flexibility index (Phi) is 14.1. The van der Waals surface area contributed by atoms with Gasteiger partial charge in [0, 0.05) is 75.2 Å². The number of ketones is 1. The number of anilines is 1. The van der Waals surface area contributed by atoms with Crippen molar-refractivity contribution in [1.29, 1.82) is 0 Å². The van der Waals surface area contributed by atoms with Gasteiger partial charge in [-0.05, 0) is 24.5 Å². The third-order valence-electron chi connectivity index (χ3n) is 8.03. The van der Waals surface area contributed by atoms with Crippen LogP contribution in [0, 0.1) is 5.92 Å². The Hall–Kier alpha value is -3.93. The monoisotopic (exact) mass is 646 g/mol. The fourth-order valence-electron chi connectivity index (χ4n) is 5.44. The maximum absolute atomic E-state index is 13.7. The van der Waals surface area contributed by atoms with Crippen LogP contribution in [0.15, 0.2) is 48.5 Å². The molecule has 0 saturated heterocycles. The second kappa shape index (κ2) is 18.4. The molecule has 0 unspecified atom stereocenters. The molecule has 11 nitrogen and oxygen atoms in total. The first kappa shape index (κ1) is 35.9. The Balaban J connectivity index is 1.38. The van der Waals surface area contributed by atoms with E-state index in [4.69, 9.17) is 9.47 Å². The fourth-order valence-corrected chi connectivity index (χ4v) is 5.44. The molecule has 1 aromatic heterocycles. The highest BCUT2D eigenvalue weighted by atomic mass is 16.5. The number of hydrogen-bond acceptors (Lipinski definition) is 8. The highest BCUT2D eigenvalue weighted by Gasteiger charge is 2.29. The Morgan fingerprint density at radius 1 is 0.830 bits per heavy atom. The molecule has 0 spiro atoms. The number of benzene rings is 2. The lowest BCUT2D eigenvalue weighted by Gasteiger charge is -2.28. The van der Waals surface area contributed by atoms with Crippen molar-refractivity contribution >= 4 is 23.3 Å². The summed E-state index contributed by atoms with van der Waals surface area (Å²) in [5.41, 5.74) is 5.19. The summed E-state index contributed by atoms with van der Waals surface area (Å²) >= 11 is 0. The van der Waals surface area contributed by atoms with Crippen LogP contribution in [0.3, 0.4) is 0 Å². The molecule has 4 rings (SSSR count). The second-order valence-corrected chi connectivity index (χ2v) is 12.4. The van der Waals surface area contributed by atoms with Gasteiger partial charge in [0.1, 0.15) is 11.5 Å². The van der Waals surface area contributed by atoms with Gasteiger partial charge in [0.05, 0.1) is 31.1 Å². The van der Waals surface area contributed by atoms with Crippen molar-refractivity contribution < 1.29 is 23.9 Å². The number of fused-ring (bicyclic) bond motifs is 5. The van der Waals surface area contributed by atoms with E-state index in [0.717, 1.165) is 46.7 Å². The Bertz CT molecular complexity index is 1470. The first-order valence-electron chi connectivity index (χ1n) is 16.9. The van der Waals surface area contributed by atoms with Crippen molar-refractivity contribution in [1.82, 2.24) is 25.6 Å². The van der Waals surface area contributed by atoms with Crippen molar-refractivity contribution in [2.75, 3.05) is 44.4 Å². The smallest absolute Gasteiger partial charge is 0.227 e. The van der Waals surface area contributed by atoms with Crippen LogP contribution in [-0.4, -0.2) is 78.2 Å². The third kappa shape index (κ3) is 10.5. The number of ether oxygens (including phenoxy) is 2. The fraction of sp³-hybridized carbons (Fsp3) is 0.528. The highest BCUT2D eigenvalue weighted by Crippen LogP contribution is 2.41. The SMILES string of the molecule is CC(C)NCCOCCCn1nnc2c1-c1ccccc1CN(C(=O)CCC(=O)NCCCOCCC(=O)C(C)C)c1ccccc1-2. The molecule has 0 fully saturated rings. The largest absolute Gasteiger partial charge is 0.381 e. The van der Waals surface area contributed by atoms with Gasteiger partial charge in [-0.2, -0.15) is 0 Å². The average molecular weight is 647 g/mol. The minimum absolute atomic E-state index is 0.0129. The van der Waals surface area contributed by atoms with Crippen molar-refractivity contribution in [2.24, 2.45) is 5.92 Å². The van der Waals surface area contributed by atoms with E-state index < -0.39 is 0 Å². The van der Waals surface area contributed by atoms with E-state index in [0.29, 0.717) is 64.9 Å². The number of carbonyl (C=O) groups excluding carboxylic acids is 3. The molecule has 3 aromatic rings. The second-order valence-electron chi connectivity index (χ2n) is 12.4. The van der Waals surface area contributed by atoms with Crippen LogP contribution in [0.25, 0.3) is 22.5 Å². The van der Waals surface area contributed by atoms with E-state index in [2.05, 4.69) is 40.9 Å². The number of hydrogen-bond donors (Lipinski definition) is 2. The van der Waals surface area contributed by atoms with Gasteiger partial charge in [-0.1, -0.05) is 75.4 Å². The minimum atomic E-state index is -0.181. The van der Waals surface area contributed by atoms with Crippen LogP contribution < -0.4 is 15.5 Å². The van der Waals surface area contributed by atoms with E-state index >= 15 is 0 Å². The molecule has 11 heteroatoms. The molecular weight excluding hydrogens is 596 g/mol. The average Bonchev–Trinajstić information content (AvgIpc) is 3.47. The molecule has 0 bridgehead atoms.